The van der Waals surface area contributed by atoms with Crippen molar-refractivity contribution in [2.75, 3.05) is 0 Å². The first-order chi connectivity index (χ1) is 11.0. The molecule has 3 N–H and O–H groups in total. The largest absolute Gasteiger partial charge is 0.390 e. The fraction of sp³-hybridized carbons (Fsp3) is 0.900. The fourth-order valence-corrected chi connectivity index (χ4v) is 5.38. The summed E-state index contributed by atoms with van der Waals surface area (Å²) in [6, 6.07) is 0. The zero-order valence-corrected chi connectivity index (χ0v) is 15.7. The Labute approximate surface area is 145 Å². The topological polar surface area (TPSA) is 69.9 Å². The molecule has 2 saturated heterocycles. The van der Waals surface area contributed by atoms with E-state index in [4.69, 9.17) is 4.74 Å². The second-order valence-electron chi connectivity index (χ2n) is 9.26. The van der Waals surface area contributed by atoms with Crippen LogP contribution in [-0.4, -0.2) is 44.8 Å². The molecule has 1 aliphatic carbocycles. The Morgan fingerprint density at radius 3 is 2.50 bits per heavy atom. The predicted octanol–water partition coefficient (Wildman–Crippen LogP) is 2.66. The molecule has 4 nitrogen and oxygen atoms in total. The molecule has 2 fully saturated rings. The van der Waals surface area contributed by atoms with Gasteiger partial charge in [-0.05, 0) is 51.9 Å². The summed E-state index contributed by atoms with van der Waals surface area (Å²) in [5.74, 6) is 1.51. The van der Waals surface area contributed by atoms with Gasteiger partial charge in [0.15, 0.2) is 0 Å². The molecule has 0 radical (unpaired) electrons. The summed E-state index contributed by atoms with van der Waals surface area (Å²) in [5.41, 5.74) is -0.856. The Hall–Kier alpha value is -0.420. The summed E-state index contributed by atoms with van der Waals surface area (Å²) in [6.07, 6.45) is 3.39. The van der Waals surface area contributed by atoms with E-state index in [1.807, 2.05) is 6.92 Å². The van der Waals surface area contributed by atoms with Gasteiger partial charge < -0.3 is 20.1 Å². The molecule has 8 unspecified atom stereocenters. The number of aliphatic hydroxyl groups is 3. The standard InChI is InChI=1S/C20H34O4/c1-11(2)13-7-6-12(3)16-14-10-20(5,23)15(21)8-9-19(4,22)18(24-14)17(13)16/h6,11,13-18,21-23H,7-10H2,1-5H3. The third-order valence-corrected chi connectivity index (χ3v) is 6.94. The molecule has 2 bridgehead atoms. The van der Waals surface area contributed by atoms with Crippen LogP contribution < -0.4 is 0 Å². The normalized spacial score (nSPS) is 52.3. The highest BCUT2D eigenvalue weighted by molar-refractivity contribution is 5.20. The Morgan fingerprint density at radius 2 is 1.88 bits per heavy atom. The Kier molecular flexibility index (Phi) is 4.66. The maximum atomic E-state index is 11.2. The minimum absolute atomic E-state index is 0.146. The molecule has 0 spiro atoms. The lowest BCUT2D eigenvalue weighted by Crippen LogP contribution is -2.49. The van der Waals surface area contributed by atoms with Crippen LogP contribution in [0.25, 0.3) is 0 Å². The van der Waals surface area contributed by atoms with E-state index in [1.54, 1.807) is 6.92 Å². The molecule has 3 rings (SSSR count). The molecular weight excluding hydrogens is 304 g/mol. The third-order valence-electron chi connectivity index (χ3n) is 6.94. The van der Waals surface area contributed by atoms with Gasteiger partial charge in [0.1, 0.15) is 0 Å². The molecule has 24 heavy (non-hydrogen) atoms. The van der Waals surface area contributed by atoms with Gasteiger partial charge in [-0.25, -0.2) is 0 Å². The molecular formula is C20H34O4. The van der Waals surface area contributed by atoms with E-state index in [0.29, 0.717) is 31.1 Å². The highest BCUT2D eigenvalue weighted by atomic mass is 16.5. The number of hydrogen-bond donors (Lipinski definition) is 3. The minimum atomic E-state index is -1.18. The zero-order valence-electron chi connectivity index (χ0n) is 15.7. The van der Waals surface area contributed by atoms with Crippen molar-refractivity contribution < 1.29 is 20.1 Å². The van der Waals surface area contributed by atoms with Crippen LogP contribution in [-0.2, 0) is 4.74 Å². The first-order valence-electron chi connectivity index (χ1n) is 9.49. The van der Waals surface area contributed by atoms with Crippen LogP contribution in [0.4, 0.5) is 0 Å². The van der Waals surface area contributed by atoms with Crippen molar-refractivity contribution in [1.29, 1.82) is 0 Å². The smallest absolute Gasteiger partial charge is 0.0902 e. The highest BCUT2D eigenvalue weighted by Gasteiger charge is 2.57. The van der Waals surface area contributed by atoms with E-state index in [2.05, 4.69) is 26.8 Å². The summed E-state index contributed by atoms with van der Waals surface area (Å²) in [6.45, 7) is 10.2. The lowest BCUT2D eigenvalue weighted by molar-refractivity contribution is -0.120. The Balaban J connectivity index is 2.04. The van der Waals surface area contributed by atoms with Crippen molar-refractivity contribution in [3.8, 4) is 0 Å². The molecule has 8 atom stereocenters. The maximum Gasteiger partial charge on any atom is 0.0902 e. The van der Waals surface area contributed by atoms with E-state index in [9.17, 15) is 15.3 Å². The van der Waals surface area contributed by atoms with Gasteiger partial charge in [0.05, 0.1) is 29.5 Å². The van der Waals surface area contributed by atoms with Gasteiger partial charge in [0, 0.05) is 18.3 Å². The van der Waals surface area contributed by atoms with Crippen LogP contribution in [0.5, 0.6) is 0 Å². The Morgan fingerprint density at radius 1 is 1.21 bits per heavy atom. The molecule has 3 aliphatic rings. The highest BCUT2D eigenvalue weighted by Crippen LogP contribution is 2.53. The number of rotatable bonds is 1. The summed E-state index contributed by atoms with van der Waals surface area (Å²) in [5, 5.41) is 32.3. The molecule has 0 saturated carbocycles. The monoisotopic (exact) mass is 338 g/mol. The van der Waals surface area contributed by atoms with Gasteiger partial charge >= 0.3 is 0 Å². The van der Waals surface area contributed by atoms with Crippen LogP contribution in [0.1, 0.15) is 60.3 Å². The molecule has 0 amide bonds. The average Bonchev–Trinajstić information content (AvgIpc) is 2.85. The summed E-state index contributed by atoms with van der Waals surface area (Å²) in [7, 11) is 0. The van der Waals surface area contributed by atoms with Crippen LogP contribution in [0.2, 0.25) is 0 Å². The molecule has 4 heteroatoms. The van der Waals surface area contributed by atoms with E-state index >= 15 is 0 Å². The van der Waals surface area contributed by atoms with Crippen molar-refractivity contribution in [3.05, 3.63) is 11.6 Å². The molecule has 0 aromatic rings. The van der Waals surface area contributed by atoms with Crippen molar-refractivity contribution in [2.45, 2.75) is 89.8 Å². The van der Waals surface area contributed by atoms with E-state index < -0.39 is 17.3 Å². The SMILES string of the molecule is CC1=CCC(C(C)C)C2C1C1CC(C)(O)C(O)CCC(C)(O)C2O1. The lowest BCUT2D eigenvalue weighted by Gasteiger charge is -2.43. The van der Waals surface area contributed by atoms with Gasteiger partial charge in [0.25, 0.3) is 0 Å². The third kappa shape index (κ3) is 2.96. The number of allylic oxidation sites excluding steroid dienone is 1. The van der Waals surface area contributed by atoms with Crippen molar-refractivity contribution >= 4 is 0 Å². The van der Waals surface area contributed by atoms with Gasteiger partial charge in [-0.1, -0.05) is 25.5 Å². The quantitative estimate of drug-likeness (QED) is 0.643. The molecule has 2 heterocycles. The number of hydrogen-bond acceptors (Lipinski definition) is 4. The van der Waals surface area contributed by atoms with Crippen molar-refractivity contribution in [1.82, 2.24) is 0 Å². The second-order valence-corrected chi connectivity index (χ2v) is 9.26. The van der Waals surface area contributed by atoms with Gasteiger partial charge in [-0.3, -0.25) is 0 Å². The van der Waals surface area contributed by atoms with Gasteiger partial charge in [-0.2, -0.15) is 0 Å². The molecule has 0 aromatic carbocycles. The first kappa shape index (κ1) is 18.4. The zero-order chi connectivity index (χ0) is 17.9. The minimum Gasteiger partial charge on any atom is -0.390 e. The second kappa shape index (κ2) is 6.08. The first-order valence-corrected chi connectivity index (χ1v) is 9.49. The number of ether oxygens (including phenoxy) is 1. The fourth-order valence-electron chi connectivity index (χ4n) is 5.38. The summed E-state index contributed by atoms with van der Waals surface area (Å²) >= 11 is 0. The van der Waals surface area contributed by atoms with Crippen LogP contribution in [0.3, 0.4) is 0 Å². The number of aliphatic hydroxyl groups excluding tert-OH is 1. The number of fused-ring (bicyclic) bond motifs is 5. The van der Waals surface area contributed by atoms with E-state index in [-0.39, 0.29) is 24.0 Å². The van der Waals surface area contributed by atoms with E-state index in [0.717, 1.165) is 6.42 Å². The summed E-state index contributed by atoms with van der Waals surface area (Å²) in [4.78, 5) is 0. The maximum absolute atomic E-state index is 11.2. The Bertz CT molecular complexity index is 508. The average molecular weight is 338 g/mol. The molecule has 138 valence electrons. The summed E-state index contributed by atoms with van der Waals surface area (Å²) < 4.78 is 6.42. The van der Waals surface area contributed by atoms with Crippen molar-refractivity contribution in [2.24, 2.45) is 23.7 Å². The van der Waals surface area contributed by atoms with Crippen LogP contribution >= 0.6 is 0 Å². The van der Waals surface area contributed by atoms with Crippen LogP contribution in [0.15, 0.2) is 11.6 Å². The van der Waals surface area contributed by atoms with E-state index in [1.165, 1.54) is 5.57 Å². The van der Waals surface area contributed by atoms with Crippen LogP contribution in [0, 0.1) is 23.7 Å². The predicted molar refractivity (Wildman–Crippen MR) is 93.4 cm³/mol. The van der Waals surface area contributed by atoms with Crippen molar-refractivity contribution in [3.63, 3.8) is 0 Å². The lowest BCUT2D eigenvalue weighted by atomic mass is 9.62. The molecule has 2 aliphatic heterocycles. The van der Waals surface area contributed by atoms with Gasteiger partial charge in [-0.15, -0.1) is 0 Å². The molecule has 0 aromatic heterocycles. The van der Waals surface area contributed by atoms with Gasteiger partial charge in [0.2, 0.25) is 0 Å².